The standard InChI is InChI=1S/C11H6ClN3O2/c12-8-3-1-7(2-4-8)10(16)11-14-9(5-6-13)17-15-11/h1-4H,5H2. The van der Waals surface area contributed by atoms with Crippen molar-refractivity contribution >= 4 is 17.4 Å². The van der Waals surface area contributed by atoms with E-state index in [9.17, 15) is 4.79 Å². The first-order valence-corrected chi connectivity index (χ1v) is 5.08. The Morgan fingerprint density at radius 2 is 2.12 bits per heavy atom. The number of rotatable bonds is 3. The number of hydrogen-bond acceptors (Lipinski definition) is 5. The molecule has 0 radical (unpaired) electrons. The Labute approximate surface area is 102 Å². The third kappa shape index (κ3) is 2.49. The largest absolute Gasteiger partial charge is 0.338 e. The van der Waals surface area contributed by atoms with E-state index in [1.54, 1.807) is 24.3 Å². The van der Waals surface area contributed by atoms with Crippen LogP contribution in [0.25, 0.3) is 0 Å². The van der Waals surface area contributed by atoms with Gasteiger partial charge in [0.25, 0.3) is 0 Å². The lowest BCUT2D eigenvalue weighted by molar-refractivity contribution is 0.102. The monoisotopic (exact) mass is 247 g/mol. The fourth-order valence-electron chi connectivity index (χ4n) is 1.22. The van der Waals surface area contributed by atoms with Crippen LogP contribution in [0.1, 0.15) is 22.1 Å². The molecule has 0 aliphatic heterocycles. The van der Waals surface area contributed by atoms with E-state index in [0.29, 0.717) is 10.6 Å². The molecular weight excluding hydrogens is 242 g/mol. The maximum absolute atomic E-state index is 11.9. The van der Waals surface area contributed by atoms with Gasteiger partial charge in [-0.1, -0.05) is 16.8 Å². The molecule has 0 saturated heterocycles. The number of nitriles is 1. The summed E-state index contributed by atoms with van der Waals surface area (Å²) in [6, 6.07) is 8.21. The zero-order valence-corrected chi connectivity index (χ0v) is 9.31. The maximum atomic E-state index is 11.9. The van der Waals surface area contributed by atoms with E-state index < -0.39 is 0 Å². The second-order valence-electron chi connectivity index (χ2n) is 3.18. The first-order chi connectivity index (χ1) is 8.20. The van der Waals surface area contributed by atoms with E-state index >= 15 is 0 Å². The van der Waals surface area contributed by atoms with Crippen LogP contribution in [0, 0.1) is 11.3 Å². The lowest BCUT2D eigenvalue weighted by atomic mass is 10.1. The molecule has 0 atom stereocenters. The number of aromatic nitrogens is 2. The highest BCUT2D eigenvalue weighted by Gasteiger charge is 2.16. The second kappa shape index (κ2) is 4.76. The van der Waals surface area contributed by atoms with Crippen molar-refractivity contribution < 1.29 is 9.32 Å². The summed E-state index contributed by atoms with van der Waals surface area (Å²) in [4.78, 5) is 15.7. The summed E-state index contributed by atoms with van der Waals surface area (Å²) in [7, 11) is 0. The van der Waals surface area contributed by atoms with E-state index in [1.165, 1.54) is 0 Å². The third-order valence-electron chi connectivity index (χ3n) is 2.01. The Hall–Kier alpha value is -2.19. The molecular formula is C11H6ClN3O2. The fraction of sp³-hybridized carbons (Fsp3) is 0.0909. The summed E-state index contributed by atoms with van der Waals surface area (Å²) in [6.45, 7) is 0. The molecule has 0 aliphatic carbocycles. The Morgan fingerprint density at radius 3 is 2.76 bits per heavy atom. The summed E-state index contributed by atoms with van der Waals surface area (Å²) < 4.78 is 4.74. The van der Waals surface area contributed by atoms with Crippen molar-refractivity contribution in [3.05, 3.63) is 46.6 Å². The molecule has 0 N–H and O–H groups in total. The van der Waals surface area contributed by atoms with Gasteiger partial charge in [0.15, 0.2) is 0 Å². The number of halogens is 1. The van der Waals surface area contributed by atoms with Crippen LogP contribution >= 0.6 is 11.6 Å². The van der Waals surface area contributed by atoms with E-state index in [2.05, 4.69) is 10.1 Å². The lowest BCUT2D eigenvalue weighted by Crippen LogP contribution is -2.03. The summed E-state index contributed by atoms with van der Waals surface area (Å²) in [5, 5.41) is 12.5. The number of ketones is 1. The number of carbonyl (C=O) groups excluding carboxylic acids is 1. The van der Waals surface area contributed by atoms with Gasteiger partial charge >= 0.3 is 0 Å². The quantitative estimate of drug-likeness (QED) is 0.775. The molecule has 0 bridgehead atoms. The van der Waals surface area contributed by atoms with Crippen LogP contribution in [-0.4, -0.2) is 15.9 Å². The van der Waals surface area contributed by atoms with Gasteiger partial charge in [-0.25, -0.2) is 0 Å². The van der Waals surface area contributed by atoms with Gasteiger partial charge in [0, 0.05) is 10.6 Å². The van der Waals surface area contributed by atoms with Crippen molar-refractivity contribution in [3.8, 4) is 6.07 Å². The molecule has 0 saturated carbocycles. The topological polar surface area (TPSA) is 79.8 Å². The molecule has 6 heteroatoms. The van der Waals surface area contributed by atoms with Crippen molar-refractivity contribution in [2.45, 2.75) is 6.42 Å². The smallest absolute Gasteiger partial charge is 0.243 e. The highest BCUT2D eigenvalue weighted by atomic mass is 35.5. The first-order valence-electron chi connectivity index (χ1n) is 4.70. The summed E-state index contributed by atoms with van der Waals surface area (Å²) >= 11 is 5.71. The third-order valence-corrected chi connectivity index (χ3v) is 2.26. The Bertz CT molecular complexity index is 584. The van der Waals surface area contributed by atoms with Gasteiger partial charge in [-0.15, -0.1) is 0 Å². The molecule has 5 nitrogen and oxygen atoms in total. The molecule has 0 unspecified atom stereocenters. The Morgan fingerprint density at radius 1 is 1.41 bits per heavy atom. The van der Waals surface area contributed by atoms with Crippen LogP contribution < -0.4 is 0 Å². The molecule has 1 aromatic heterocycles. The van der Waals surface area contributed by atoms with Gasteiger partial charge in [-0.05, 0) is 24.3 Å². The average molecular weight is 248 g/mol. The normalized spacial score (nSPS) is 9.88. The van der Waals surface area contributed by atoms with Crippen LogP contribution in [0.5, 0.6) is 0 Å². The second-order valence-corrected chi connectivity index (χ2v) is 3.62. The minimum Gasteiger partial charge on any atom is -0.338 e. The van der Waals surface area contributed by atoms with Crippen molar-refractivity contribution in [3.63, 3.8) is 0 Å². The van der Waals surface area contributed by atoms with E-state index in [1.807, 2.05) is 6.07 Å². The highest BCUT2D eigenvalue weighted by molar-refractivity contribution is 6.30. The van der Waals surface area contributed by atoms with Gasteiger partial charge < -0.3 is 4.52 Å². The van der Waals surface area contributed by atoms with Gasteiger partial charge in [-0.2, -0.15) is 10.2 Å². The number of benzene rings is 1. The minimum atomic E-state index is -0.366. The number of hydrogen-bond donors (Lipinski definition) is 0. The molecule has 2 aromatic rings. The summed E-state index contributed by atoms with van der Waals surface area (Å²) in [5.41, 5.74) is 0.415. The number of carbonyl (C=O) groups is 1. The molecule has 0 spiro atoms. The van der Waals surface area contributed by atoms with Gasteiger partial charge in [0.05, 0.1) is 6.07 Å². The van der Waals surface area contributed by atoms with E-state index in [-0.39, 0.29) is 23.9 Å². The van der Waals surface area contributed by atoms with Crippen LogP contribution in [0.4, 0.5) is 0 Å². The summed E-state index contributed by atoms with van der Waals surface area (Å²) in [5.74, 6) is -0.294. The average Bonchev–Trinajstić information content (AvgIpc) is 2.78. The predicted molar refractivity (Wildman–Crippen MR) is 58.5 cm³/mol. The highest BCUT2D eigenvalue weighted by Crippen LogP contribution is 2.12. The van der Waals surface area contributed by atoms with Gasteiger partial charge in [-0.3, -0.25) is 4.79 Å². The van der Waals surface area contributed by atoms with Crippen molar-refractivity contribution in [2.75, 3.05) is 0 Å². The zero-order valence-electron chi connectivity index (χ0n) is 8.55. The minimum absolute atomic E-state index is 0.0130. The predicted octanol–water partition coefficient (Wildman–Crippen LogP) is 2.02. The van der Waals surface area contributed by atoms with Crippen LogP contribution in [-0.2, 0) is 6.42 Å². The van der Waals surface area contributed by atoms with E-state index in [0.717, 1.165) is 0 Å². The molecule has 0 aliphatic rings. The van der Waals surface area contributed by atoms with E-state index in [4.69, 9.17) is 21.4 Å². The fourth-order valence-corrected chi connectivity index (χ4v) is 1.34. The molecule has 2 rings (SSSR count). The molecule has 84 valence electrons. The first kappa shape index (κ1) is 11.3. The summed E-state index contributed by atoms with van der Waals surface area (Å²) in [6.07, 6.45) is -0.0130. The Balaban J connectivity index is 2.25. The maximum Gasteiger partial charge on any atom is 0.243 e. The molecule has 17 heavy (non-hydrogen) atoms. The van der Waals surface area contributed by atoms with Gasteiger partial charge in [0.1, 0.15) is 6.42 Å². The van der Waals surface area contributed by atoms with Crippen LogP contribution in [0.3, 0.4) is 0 Å². The molecule has 1 aromatic carbocycles. The molecule has 0 fully saturated rings. The van der Waals surface area contributed by atoms with Crippen LogP contribution in [0.2, 0.25) is 5.02 Å². The number of nitrogens with zero attached hydrogens (tertiary/aromatic N) is 3. The molecule has 1 heterocycles. The lowest BCUT2D eigenvalue weighted by Gasteiger charge is -1.95. The Kier molecular flexibility index (Phi) is 3.17. The van der Waals surface area contributed by atoms with Gasteiger partial charge in [0.2, 0.25) is 17.5 Å². The zero-order chi connectivity index (χ0) is 12.3. The van der Waals surface area contributed by atoms with Crippen molar-refractivity contribution in [1.29, 1.82) is 5.26 Å². The molecule has 0 amide bonds. The van der Waals surface area contributed by atoms with Crippen LogP contribution in [0.15, 0.2) is 28.8 Å². The SMILES string of the molecule is N#CCc1nc(C(=O)c2ccc(Cl)cc2)no1. The van der Waals surface area contributed by atoms with Crippen molar-refractivity contribution in [1.82, 2.24) is 10.1 Å². The van der Waals surface area contributed by atoms with Crippen molar-refractivity contribution in [2.24, 2.45) is 0 Å².